The van der Waals surface area contributed by atoms with Crippen LogP contribution in [0.5, 0.6) is 5.75 Å². The van der Waals surface area contributed by atoms with Crippen LogP contribution in [-0.2, 0) is 4.79 Å². The van der Waals surface area contributed by atoms with E-state index in [4.69, 9.17) is 27.9 Å². The molecule has 0 radical (unpaired) electrons. The van der Waals surface area contributed by atoms with Crippen LogP contribution in [0.1, 0.15) is 0 Å². The number of nitrogens with one attached hydrogen (secondary N) is 1. The lowest BCUT2D eigenvalue weighted by Gasteiger charge is -2.07. The molecule has 0 aliphatic carbocycles. The van der Waals surface area contributed by atoms with Crippen LogP contribution in [0.25, 0.3) is 0 Å². The van der Waals surface area contributed by atoms with Gasteiger partial charge in [0.1, 0.15) is 10.9 Å². The molecule has 1 N–H and O–H groups in total. The van der Waals surface area contributed by atoms with E-state index in [-0.39, 0.29) is 12.5 Å². The normalized spacial score (nSPS) is 10.0. The number of halogens is 2. The minimum absolute atomic E-state index is 0.111. The molecule has 0 unspecified atom stereocenters. The zero-order valence-electron chi connectivity index (χ0n) is 9.77. The Bertz CT molecular complexity index is 590. The third kappa shape index (κ3) is 4.43. The molecule has 2 rings (SSSR count). The van der Waals surface area contributed by atoms with Gasteiger partial charge in [-0.15, -0.1) is 0 Å². The average molecular weight is 297 g/mol. The molecule has 6 heteroatoms. The molecule has 0 atom stereocenters. The first kappa shape index (κ1) is 13.6. The van der Waals surface area contributed by atoms with Gasteiger partial charge in [0.25, 0.3) is 5.91 Å². The second-order valence-corrected chi connectivity index (χ2v) is 4.49. The predicted octanol–water partition coefficient (Wildman–Crippen LogP) is 3.41. The van der Waals surface area contributed by atoms with Gasteiger partial charge in [-0.3, -0.25) is 4.79 Å². The van der Waals surface area contributed by atoms with E-state index in [0.717, 1.165) is 0 Å². The number of hydrogen-bond acceptors (Lipinski definition) is 3. The van der Waals surface area contributed by atoms with Crippen LogP contribution in [0, 0.1) is 0 Å². The Morgan fingerprint density at radius 1 is 1.26 bits per heavy atom. The van der Waals surface area contributed by atoms with Crippen molar-refractivity contribution in [2.75, 3.05) is 11.9 Å². The summed E-state index contributed by atoms with van der Waals surface area (Å²) < 4.78 is 5.31. The summed E-state index contributed by atoms with van der Waals surface area (Å²) in [6.45, 7) is -0.111. The van der Waals surface area contributed by atoms with Crippen LogP contribution in [-0.4, -0.2) is 17.5 Å². The topological polar surface area (TPSA) is 51.2 Å². The van der Waals surface area contributed by atoms with Crippen LogP contribution in [0.4, 0.5) is 5.69 Å². The number of amides is 1. The Balaban J connectivity index is 1.88. The molecule has 0 spiro atoms. The molecular formula is C13H10Cl2N2O2. The van der Waals surface area contributed by atoms with Crippen LogP contribution in [0.15, 0.2) is 42.6 Å². The van der Waals surface area contributed by atoms with Gasteiger partial charge >= 0.3 is 0 Å². The Morgan fingerprint density at radius 3 is 2.84 bits per heavy atom. The number of rotatable bonds is 4. The minimum Gasteiger partial charge on any atom is -0.484 e. The predicted molar refractivity (Wildman–Crippen MR) is 74.8 cm³/mol. The van der Waals surface area contributed by atoms with Crippen molar-refractivity contribution in [2.45, 2.75) is 0 Å². The molecule has 98 valence electrons. The molecule has 4 nitrogen and oxygen atoms in total. The SMILES string of the molecule is O=C(COc1cccc(Cl)c1)Nc1ccnc(Cl)c1. The zero-order chi connectivity index (χ0) is 13.7. The van der Waals surface area contributed by atoms with E-state index in [0.29, 0.717) is 21.6 Å². The van der Waals surface area contributed by atoms with Crippen molar-refractivity contribution in [3.63, 3.8) is 0 Å². The number of carbonyl (C=O) groups is 1. The summed E-state index contributed by atoms with van der Waals surface area (Å²) in [5, 5.41) is 3.51. The molecule has 0 aliphatic heterocycles. The van der Waals surface area contributed by atoms with Gasteiger partial charge < -0.3 is 10.1 Å². The fourth-order valence-electron chi connectivity index (χ4n) is 1.38. The van der Waals surface area contributed by atoms with E-state index < -0.39 is 0 Å². The highest BCUT2D eigenvalue weighted by Gasteiger charge is 2.04. The highest BCUT2D eigenvalue weighted by atomic mass is 35.5. The maximum Gasteiger partial charge on any atom is 0.262 e. The number of hydrogen-bond donors (Lipinski definition) is 1. The van der Waals surface area contributed by atoms with Crippen molar-refractivity contribution < 1.29 is 9.53 Å². The summed E-state index contributed by atoms with van der Waals surface area (Å²) >= 11 is 11.5. The Hall–Kier alpha value is -1.78. The number of aromatic nitrogens is 1. The number of carbonyl (C=O) groups excluding carboxylic acids is 1. The molecule has 0 saturated heterocycles. The van der Waals surface area contributed by atoms with Crippen molar-refractivity contribution >= 4 is 34.8 Å². The molecule has 1 heterocycles. The molecule has 1 aromatic heterocycles. The van der Waals surface area contributed by atoms with E-state index in [1.807, 2.05) is 0 Å². The van der Waals surface area contributed by atoms with Gasteiger partial charge in [0, 0.05) is 16.9 Å². The second kappa shape index (κ2) is 6.41. The van der Waals surface area contributed by atoms with E-state index in [9.17, 15) is 4.79 Å². The lowest BCUT2D eigenvalue weighted by molar-refractivity contribution is -0.118. The van der Waals surface area contributed by atoms with E-state index in [1.54, 1.807) is 36.4 Å². The molecule has 1 amide bonds. The standard InChI is InChI=1S/C13H10Cl2N2O2/c14-9-2-1-3-11(6-9)19-8-13(18)17-10-4-5-16-12(15)7-10/h1-7H,8H2,(H,16,17,18). The number of pyridine rings is 1. The summed E-state index contributed by atoms with van der Waals surface area (Å²) in [6.07, 6.45) is 1.51. The molecule has 0 saturated carbocycles. The monoisotopic (exact) mass is 296 g/mol. The second-order valence-electron chi connectivity index (χ2n) is 3.66. The lowest BCUT2D eigenvalue weighted by atomic mass is 10.3. The Kier molecular flexibility index (Phi) is 4.60. The average Bonchev–Trinajstić information content (AvgIpc) is 2.36. The quantitative estimate of drug-likeness (QED) is 0.880. The fourth-order valence-corrected chi connectivity index (χ4v) is 1.74. The Labute approximate surface area is 120 Å². The summed E-state index contributed by atoms with van der Waals surface area (Å²) in [4.78, 5) is 15.5. The minimum atomic E-state index is -0.290. The summed E-state index contributed by atoms with van der Waals surface area (Å²) in [6, 6.07) is 10.0. The lowest BCUT2D eigenvalue weighted by Crippen LogP contribution is -2.20. The van der Waals surface area contributed by atoms with Gasteiger partial charge in [0.05, 0.1) is 0 Å². The van der Waals surface area contributed by atoms with E-state index >= 15 is 0 Å². The van der Waals surface area contributed by atoms with Crippen LogP contribution >= 0.6 is 23.2 Å². The van der Waals surface area contributed by atoms with Crippen LogP contribution in [0.3, 0.4) is 0 Å². The van der Waals surface area contributed by atoms with Crippen molar-refractivity contribution in [1.82, 2.24) is 4.98 Å². The Morgan fingerprint density at radius 2 is 2.11 bits per heavy atom. The van der Waals surface area contributed by atoms with Gasteiger partial charge in [-0.2, -0.15) is 0 Å². The van der Waals surface area contributed by atoms with Gasteiger partial charge in [0.2, 0.25) is 0 Å². The number of ether oxygens (including phenoxy) is 1. The largest absolute Gasteiger partial charge is 0.484 e. The first-order valence-corrected chi connectivity index (χ1v) is 6.19. The van der Waals surface area contributed by atoms with Crippen LogP contribution in [0.2, 0.25) is 10.2 Å². The maximum atomic E-state index is 11.6. The molecule has 19 heavy (non-hydrogen) atoms. The molecule has 1 aromatic carbocycles. The first-order valence-electron chi connectivity index (χ1n) is 5.43. The first-order chi connectivity index (χ1) is 9.13. The van der Waals surface area contributed by atoms with E-state index in [2.05, 4.69) is 10.3 Å². The van der Waals surface area contributed by atoms with Crippen molar-refractivity contribution in [2.24, 2.45) is 0 Å². The molecular weight excluding hydrogens is 287 g/mol. The summed E-state index contributed by atoms with van der Waals surface area (Å²) in [5.41, 5.74) is 0.569. The fraction of sp³-hybridized carbons (Fsp3) is 0.0769. The number of anilines is 1. The van der Waals surface area contributed by atoms with Gasteiger partial charge in [-0.05, 0) is 30.3 Å². The maximum absolute atomic E-state index is 11.6. The zero-order valence-corrected chi connectivity index (χ0v) is 11.3. The molecule has 0 fully saturated rings. The highest BCUT2D eigenvalue weighted by Crippen LogP contribution is 2.17. The van der Waals surface area contributed by atoms with E-state index in [1.165, 1.54) is 6.20 Å². The van der Waals surface area contributed by atoms with Gasteiger partial charge in [-0.25, -0.2) is 4.98 Å². The summed E-state index contributed by atoms with van der Waals surface area (Å²) in [7, 11) is 0. The third-order valence-electron chi connectivity index (χ3n) is 2.18. The van der Waals surface area contributed by atoms with Crippen molar-refractivity contribution in [1.29, 1.82) is 0 Å². The van der Waals surface area contributed by atoms with Crippen molar-refractivity contribution in [3.05, 3.63) is 52.8 Å². The van der Waals surface area contributed by atoms with Crippen LogP contribution < -0.4 is 10.1 Å². The van der Waals surface area contributed by atoms with Crippen molar-refractivity contribution in [3.8, 4) is 5.75 Å². The number of nitrogens with zero attached hydrogens (tertiary/aromatic N) is 1. The van der Waals surface area contributed by atoms with Gasteiger partial charge in [0.15, 0.2) is 6.61 Å². The molecule has 2 aromatic rings. The summed E-state index contributed by atoms with van der Waals surface area (Å²) in [5.74, 6) is 0.248. The molecule has 0 bridgehead atoms. The smallest absolute Gasteiger partial charge is 0.262 e. The number of benzene rings is 1. The molecule has 0 aliphatic rings. The highest BCUT2D eigenvalue weighted by molar-refractivity contribution is 6.30. The third-order valence-corrected chi connectivity index (χ3v) is 2.62. The van der Waals surface area contributed by atoms with Gasteiger partial charge in [-0.1, -0.05) is 29.3 Å².